The van der Waals surface area contributed by atoms with Gasteiger partial charge in [-0.15, -0.1) is 0 Å². The zero-order valence-corrected chi connectivity index (χ0v) is 9.47. The number of aliphatic hydroxyl groups excluding tert-OH is 1. The van der Waals surface area contributed by atoms with Crippen LogP contribution in [0.15, 0.2) is 24.3 Å². The molecule has 16 heavy (non-hydrogen) atoms. The van der Waals surface area contributed by atoms with Crippen LogP contribution in [0.4, 0.5) is 0 Å². The Bertz CT molecular complexity index is 331. The lowest BCUT2D eigenvalue weighted by Gasteiger charge is -2.14. The van der Waals surface area contributed by atoms with Crippen molar-refractivity contribution in [2.75, 3.05) is 20.3 Å². The van der Waals surface area contributed by atoms with E-state index in [1.807, 2.05) is 24.3 Å². The van der Waals surface area contributed by atoms with Crippen LogP contribution in [0.2, 0.25) is 0 Å². The zero-order chi connectivity index (χ0) is 12.0. The summed E-state index contributed by atoms with van der Waals surface area (Å²) in [6.45, 7) is 1.49. The van der Waals surface area contributed by atoms with E-state index in [0.29, 0.717) is 0 Å². The zero-order valence-electron chi connectivity index (χ0n) is 9.47. The molecule has 0 fully saturated rings. The van der Waals surface area contributed by atoms with Crippen LogP contribution < -0.4 is 4.74 Å². The Labute approximate surface area is 94.8 Å². The van der Waals surface area contributed by atoms with E-state index in [1.54, 1.807) is 7.11 Å². The number of ether oxygens (including phenoxy) is 2. The molecule has 1 N–H and O–H groups in total. The molecule has 0 aliphatic rings. The summed E-state index contributed by atoms with van der Waals surface area (Å²) >= 11 is 0. The van der Waals surface area contributed by atoms with E-state index < -0.39 is 0 Å². The monoisotopic (exact) mass is 224 g/mol. The van der Waals surface area contributed by atoms with Crippen LogP contribution in [0.1, 0.15) is 18.4 Å². The molecule has 1 aromatic rings. The summed E-state index contributed by atoms with van der Waals surface area (Å²) in [6.07, 6.45) is 0. The molecule has 0 aromatic heterocycles. The Morgan fingerprint density at radius 2 is 2.00 bits per heavy atom. The SMILES string of the molecule is COc1ccc([C@@H](CO)COC(C)=O)cc1. The molecule has 1 aromatic carbocycles. The number of aliphatic hydroxyl groups is 1. The topological polar surface area (TPSA) is 55.8 Å². The molecule has 0 bridgehead atoms. The number of carbonyl (C=O) groups is 1. The summed E-state index contributed by atoms with van der Waals surface area (Å²) in [5.74, 6) is 0.231. The highest BCUT2D eigenvalue weighted by Crippen LogP contribution is 2.19. The molecule has 0 heterocycles. The first-order chi connectivity index (χ1) is 7.67. The molecule has 88 valence electrons. The fraction of sp³-hybridized carbons (Fsp3) is 0.417. The third-order valence-electron chi connectivity index (χ3n) is 2.30. The van der Waals surface area contributed by atoms with Gasteiger partial charge < -0.3 is 14.6 Å². The van der Waals surface area contributed by atoms with Gasteiger partial charge in [0, 0.05) is 12.8 Å². The van der Waals surface area contributed by atoms with Crippen molar-refractivity contribution in [2.45, 2.75) is 12.8 Å². The highest BCUT2D eigenvalue weighted by atomic mass is 16.5. The number of esters is 1. The molecule has 0 unspecified atom stereocenters. The predicted octanol–water partition coefficient (Wildman–Crippen LogP) is 1.33. The smallest absolute Gasteiger partial charge is 0.302 e. The summed E-state index contributed by atoms with van der Waals surface area (Å²) in [5.41, 5.74) is 0.921. The second-order valence-electron chi connectivity index (χ2n) is 3.46. The molecule has 1 rings (SSSR count). The minimum atomic E-state index is -0.341. The summed E-state index contributed by atoms with van der Waals surface area (Å²) in [5, 5.41) is 9.20. The lowest BCUT2D eigenvalue weighted by molar-refractivity contribution is -0.141. The molecule has 4 nitrogen and oxygen atoms in total. The molecule has 0 aliphatic heterocycles. The van der Waals surface area contributed by atoms with E-state index in [4.69, 9.17) is 9.47 Å². The third kappa shape index (κ3) is 3.55. The van der Waals surface area contributed by atoms with E-state index in [9.17, 15) is 9.90 Å². The molecule has 0 radical (unpaired) electrons. The van der Waals surface area contributed by atoms with Crippen molar-refractivity contribution in [1.82, 2.24) is 0 Å². The fourth-order valence-electron chi connectivity index (χ4n) is 1.35. The van der Waals surface area contributed by atoms with Gasteiger partial charge in [-0.25, -0.2) is 0 Å². The van der Waals surface area contributed by atoms with Crippen LogP contribution in [0.5, 0.6) is 5.75 Å². The van der Waals surface area contributed by atoms with Gasteiger partial charge in [-0.2, -0.15) is 0 Å². The van der Waals surface area contributed by atoms with Gasteiger partial charge in [0.15, 0.2) is 0 Å². The molecule has 0 saturated heterocycles. The second kappa shape index (κ2) is 6.12. The average Bonchev–Trinajstić information content (AvgIpc) is 2.30. The van der Waals surface area contributed by atoms with E-state index in [-0.39, 0.29) is 25.1 Å². The van der Waals surface area contributed by atoms with Crippen LogP contribution in [0.25, 0.3) is 0 Å². The number of carbonyl (C=O) groups excluding carboxylic acids is 1. The standard InChI is InChI=1S/C12H16O4/c1-9(14)16-8-11(7-13)10-3-5-12(15-2)6-4-10/h3-6,11,13H,7-8H2,1-2H3/t11-/m0/s1. The Kier molecular flexibility index (Phi) is 4.79. The number of hydrogen-bond donors (Lipinski definition) is 1. The van der Waals surface area contributed by atoms with E-state index >= 15 is 0 Å². The van der Waals surface area contributed by atoms with Crippen molar-refractivity contribution < 1.29 is 19.4 Å². The number of rotatable bonds is 5. The van der Waals surface area contributed by atoms with E-state index in [0.717, 1.165) is 11.3 Å². The van der Waals surface area contributed by atoms with Crippen molar-refractivity contribution in [3.63, 3.8) is 0 Å². The molecule has 0 amide bonds. The average molecular weight is 224 g/mol. The Hall–Kier alpha value is -1.55. The second-order valence-corrected chi connectivity index (χ2v) is 3.46. The first kappa shape index (κ1) is 12.5. The first-order valence-electron chi connectivity index (χ1n) is 5.05. The lowest BCUT2D eigenvalue weighted by atomic mass is 10.0. The normalized spacial score (nSPS) is 11.9. The molecule has 0 aliphatic carbocycles. The van der Waals surface area contributed by atoms with Crippen molar-refractivity contribution >= 4 is 5.97 Å². The Morgan fingerprint density at radius 1 is 1.38 bits per heavy atom. The summed E-state index contributed by atoms with van der Waals surface area (Å²) in [6, 6.07) is 7.32. The van der Waals surface area contributed by atoms with Crippen molar-refractivity contribution in [3.05, 3.63) is 29.8 Å². The molecule has 0 saturated carbocycles. The summed E-state index contributed by atoms with van der Waals surface area (Å²) in [4.78, 5) is 10.7. The van der Waals surface area contributed by atoms with Gasteiger partial charge in [0.25, 0.3) is 0 Å². The molecule has 0 spiro atoms. The minimum Gasteiger partial charge on any atom is -0.497 e. The minimum absolute atomic E-state index is 0.0559. The van der Waals surface area contributed by atoms with Crippen LogP contribution in [-0.4, -0.2) is 31.4 Å². The van der Waals surface area contributed by atoms with Gasteiger partial charge in [-0.05, 0) is 17.7 Å². The number of benzene rings is 1. The highest BCUT2D eigenvalue weighted by molar-refractivity contribution is 5.65. The maximum atomic E-state index is 10.7. The first-order valence-corrected chi connectivity index (χ1v) is 5.05. The van der Waals surface area contributed by atoms with Crippen molar-refractivity contribution in [3.8, 4) is 5.75 Å². The lowest BCUT2D eigenvalue weighted by Crippen LogP contribution is -2.14. The maximum absolute atomic E-state index is 10.7. The van der Waals surface area contributed by atoms with Gasteiger partial charge in [0.1, 0.15) is 12.4 Å². The van der Waals surface area contributed by atoms with Gasteiger partial charge in [-0.3, -0.25) is 4.79 Å². The largest absolute Gasteiger partial charge is 0.497 e. The number of methoxy groups -OCH3 is 1. The molecular weight excluding hydrogens is 208 g/mol. The van der Waals surface area contributed by atoms with Crippen LogP contribution in [0, 0.1) is 0 Å². The third-order valence-corrected chi connectivity index (χ3v) is 2.30. The van der Waals surface area contributed by atoms with Gasteiger partial charge in [0.05, 0.1) is 13.7 Å². The van der Waals surface area contributed by atoms with Gasteiger partial charge >= 0.3 is 5.97 Å². The maximum Gasteiger partial charge on any atom is 0.302 e. The van der Waals surface area contributed by atoms with Gasteiger partial charge in [0.2, 0.25) is 0 Å². The van der Waals surface area contributed by atoms with E-state index in [1.165, 1.54) is 6.92 Å². The summed E-state index contributed by atoms with van der Waals surface area (Å²) < 4.78 is 9.91. The molecular formula is C12H16O4. The van der Waals surface area contributed by atoms with Crippen LogP contribution >= 0.6 is 0 Å². The highest BCUT2D eigenvalue weighted by Gasteiger charge is 2.12. The quantitative estimate of drug-likeness (QED) is 0.767. The predicted molar refractivity (Wildman–Crippen MR) is 59.5 cm³/mol. The Morgan fingerprint density at radius 3 is 2.44 bits per heavy atom. The van der Waals surface area contributed by atoms with Gasteiger partial charge in [-0.1, -0.05) is 12.1 Å². The molecule has 1 atom stereocenters. The van der Waals surface area contributed by atoms with Crippen molar-refractivity contribution in [2.24, 2.45) is 0 Å². The van der Waals surface area contributed by atoms with E-state index in [2.05, 4.69) is 0 Å². The Balaban J connectivity index is 2.66. The van der Waals surface area contributed by atoms with Crippen LogP contribution in [-0.2, 0) is 9.53 Å². The van der Waals surface area contributed by atoms with Crippen molar-refractivity contribution in [1.29, 1.82) is 0 Å². The fourth-order valence-corrected chi connectivity index (χ4v) is 1.35. The number of hydrogen-bond acceptors (Lipinski definition) is 4. The van der Waals surface area contributed by atoms with Crippen LogP contribution in [0.3, 0.4) is 0 Å². The summed E-state index contributed by atoms with van der Waals surface area (Å²) in [7, 11) is 1.59. The molecule has 4 heteroatoms.